The van der Waals surface area contributed by atoms with Crippen molar-refractivity contribution in [3.8, 4) is 5.75 Å². The maximum Gasteiger partial charge on any atom is 0.131 e. The van der Waals surface area contributed by atoms with Crippen molar-refractivity contribution in [1.82, 2.24) is 10.2 Å². The standard InChI is InChI=1S/C16H23FN2O/c1-20-14-7-3-6-13(17)15(14)16(12-4-2-5-12)19-10-8-18-9-11-19/h3,6-7,12,16,18H,2,4-5,8-11H2,1H3/t16-/m1/s1. The maximum absolute atomic E-state index is 14.4. The van der Waals surface area contributed by atoms with E-state index >= 15 is 0 Å². The van der Waals surface area contributed by atoms with Crippen molar-refractivity contribution < 1.29 is 9.13 Å². The molecule has 1 atom stereocenters. The number of halogens is 1. The molecule has 0 spiro atoms. The van der Waals surface area contributed by atoms with Crippen molar-refractivity contribution in [3.05, 3.63) is 29.6 Å². The third-order valence-corrected chi connectivity index (χ3v) is 4.67. The molecule has 2 fully saturated rings. The topological polar surface area (TPSA) is 24.5 Å². The highest BCUT2D eigenvalue weighted by atomic mass is 19.1. The highest BCUT2D eigenvalue weighted by Gasteiger charge is 2.36. The predicted molar refractivity (Wildman–Crippen MR) is 77.5 cm³/mol. The summed E-state index contributed by atoms with van der Waals surface area (Å²) in [5.74, 6) is 1.14. The lowest BCUT2D eigenvalue weighted by Crippen LogP contribution is -2.48. The number of hydrogen-bond donors (Lipinski definition) is 1. The summed E-state index contributed by atoms with van der Waals surface area (Å²) in [6.45, 7) is 3.94. The quantitative estimate of drug-likeness (QED) is 0.916. The van der Waals surface area contributed by atoms with E-state index in [2.05, 4.69) is 10.2 Å². The van der Waals surface area contributed by atoms with E-state index in [1.54, 1.807) is 19.2 Å². The van der Waals surface area contributed by atoms with Crippen molar-refractivity contribution in [1.29, 1.82) is 0 Å². The first kappa shape index (κ1) is 13.8. The zero-order chi connectivity index (χ0) is 13.9. The monoisotopic (exact) mass is 278 g/mol. The Morgan fingerprint density at radius 3 is 2.65 bits per heavy atom. The normalized spacial score (nSPS) is 22.3. The van der Waals surface area contributed by atoms with E-state index in [-0.39, 0.29) is 11.9 Å². The Kier molecular flexibility index (Phi) is 4.22. The predicted octanol–water partition coefficient (Wildman–Crippen LogP) is 2.58. The first-order valence-corrected chi connectivity index (χ1v) is 7.58. The van der Waals surface area contributed by atoms with E-state index in [0.29, 0.717) is 11.7 Å². The van der Waals surface area contributed by atoms with Crippen LogP contribution < -0.4 is 10.1 Å². The highest BCUT2D eigenvalue weighted by Crippen LogP contribution is 2.45. The fourth-order valence-electron chi connectivity index (χ4n) is 3.41. The number of rotatable bonds is 4. The van der Waals surface area contributed by atoms with Gasteiger partial charge < -0.3 is 10.1 Å². The van der Waals surface area contributed by atoms with Crippen LogP contribution in [0.15, 0.2) is 18.2 Å². The molecule has 0 radical (unpaired) electrons. The van der Waals surface area contributed by atoms with E-state index in [9.17, 15) is 4.39 Å². The van der Waals surface area contributed by atoms with E-state index < -0.39 is 0 Å². The van der Waals surface area contributed by atoms with Gasteiger partial charge in [-0.2, -0.15) is 0 Å². The zero-order valence-corrected chi connectivity index (χ0v) is 12.1. The van der Waals surface area contributed by atoms with Gasteiger partial charge in [0.1, 0.15) is 11.6 Å². The molecule has 20 heavy (non-hydrogen) atoms. The number of nitrogens with zero attached hydrogens (tertiary/aromatic N) is 1. The van der Waals surface area contributed by atoms with Gasteiger partial charge in [0, 0.05) is 37.8 Å². The first-order valence-electron chi connectivity index (χ1n) is 7.58. The largest absolute Gasteiger partial charge is 0.496 e. The number of piperazine rings is 1. The van der Waals surface area contributed by atoms with Crippen LogP contribution in [0.25, 0.3) is 0 Å². The minimum Gasteiger partial charge on any atom is -0.496 e. The zero-order valence-electron chi connectivity index (χ0n) is 12.1. The van der Waals surface area contributed by atoms with E-state index in [4.69, 9.17) is 4.74 Å². The van der Waals surface area contributed by atoms with Crippen LogP contribution >= 0.6 is 0 Å². The second-order valence-electron chi connectivity index (χ2n) is 5.78. The average Bonchev–Trinajstić information content (AvgIpc) is 2.44. The van der Waals surface area contributed by atoms with Crippen molar-refractivity contribution >= 4 is 0 Å². The molecule has 3 nitrogen and oxygen atoms in total. The van der Waals surface area contributed by atoms with Gasteiger partial charge in [-0.3, -0.25) is 4.90 Å². The smallest absolute Gasteiger partial charge is 0.131 e. The second-order valence-corrected chi connectivity index (χ2v) is 5.78. The molecule has 0 bridgehead atoms. The third-order valence-electron chi connectivity index (χ3n) is 4.67. The highest BCUT2D eigenvalue weighted by molar-refractivity contribution is 5.38. The van der Waals surface area contributed by atoms with Gasteiger partial charge in [-0.25, -0.2) is 4.39 Å². The van der Waals surface area contributed by atoms with Gasteiger partial charge in [-0.1, -0.05) is 12.5 Å². The molecular formula is C16H23FN2O. The lowest BCUT2D eigenvalue weighted by Gasteiger charge is -2.43. The van der Waals surface area contributed by atoms with E-state index in [1.807, 2.05) is 6.07 Å². The van der Waals surface area contributed by atoms with Crippen LogP contribution in [-0.2, 0) is 0 Å². The average molecular weight is 278 g/mol. The molecular weight excluding hydrogens is 255 g/mol. The Hall–Kier alpha value is -1.13. The van der Waals surface area contributed by atoms with Gasteiger partial charge in [0.05, 0.1) is 7.11 Å². The van der Waals surface area contributed by atoms with Gasteiger partial charge >= 0.3 is 0 Å². The number of nitrogens with one attached hydrogen (secondary N) is 1. The van der Waals surface area contributed by atoms with Crippen molar-refractivity contribution in [3.63, 3.8) is 0 Å². The van der Waals surface area contributed by atoms with Gasteiger partial charge in [0.2, 0.25) is 0 Å². The summed E-state index contributed by atoms with van der Waals surface area (Å²) in [5, 5.41) is 3.37. The molecule has 3 rings (SSSR count). The van der Waals surface area contributed by atoms with Gasteiger partial charge in [0.25, 0.3) is 0 Å². The molecule has 0 amide bonds. The number of methoxy groups -OCH3 is 1. The van der Waals surface area contributed by atoms with Crippen LogP contribution in [0.5, 0.6) is 5.75 Å². The minimum absolute atomic E-state index is 0.125. The van der Waals surface area contributed by atoms with E-state index in [1.165, 1.54) is 19.3 Å². The molecule has 1 saturated carbocycles. The first-order chi connectivity index (χ1) is 9.81. The SMILES string of the molecule is COc1cccc(F)c1[C@@H](C1CCC1)N1CCNCC1. The molecule has 4 heteroatoms. The summed E-state index contributed by atoms with van der Waals surface area (Å²) in [6.07, 6.45) is 3.67. The molecule has 0 aromatic heterocycles. The molecule has 110 valence electrons. The number of benzene rings is 1. The van der Waals surface area contributed by atoms with Gasteiger partial charge in [0.15, 0.2) is 0 Å². The lowest BCUT2D eigenvalue weighted by atomic mass is 9.76. The summed E-state index contributed by atoms with van der Waals surface area (Å²) in [4.78, 5) is 2.43. The summed E-state index contributed by atoms with van der Waals surface area (Å²) in [6, 6.07) is 5.34. The number of hydrogen-bond acceptors (Lipinski definition) is 3. The van der Waals surface area contributed by atoms with Crippen molar-refractivity contribution in [2.24, 2.45) is 5.92 Å². The van der Waals surface area contributed by atoms with E-state index in [0.717, 1.165) is 31.7 Å². The Morgan fingerprint density at radius 2 is 2.05 bits per heavy atom. The van der Waals surface area contributed by atoms with Crippen molar-refractivity contribution in [2.45, 2.75) is 25.3 Å². The molecule has 1 aliphatic heterocycles. The van der Waals surface area contributed by atoms with Crippen LogP contribution in [0.4, 0.5) is 4.39 Å². The van der Waals surface area contributed by atoms with Gasteiger partial charge in [-0.15, -0.1) is 0 Å². The van der Waals surface area contributed by atoms with Crippen LogP contribution in [-0.4, -0.2) is 38.2 Å². The Balaban J connectivity index is 1.95. The molecule has 1 saturated heterocycles. The second kappa shape index (κ2) is 6.10. The van der Waals surface area contributed by atoms with Crippen LogP contribution in [0.2, 0.25) is 0 Å². The molecule has 1 N–H and O–H groups in total. The number of ether oxygens (including phenoxy) is 1. The van der Waals surface area contributed by atoms with Crippen LogP contribution in [0, 0.1) is 11.7 Å². The fourth-order valence-corrected chi connectivity index (χ4v) is 3.41. The van der Waals surface area contributed by atoms with Crippen LogP contribution in [0.3, 0.4) is 0 Å². The molecule has 2 aliphatic rings. The minimum atomic E-state index is -0.125. The summed E-state index contributed by atoms with van der Waals surface area (Å²) < 4.78 is 19.9. The summed E-state index contributed by atoms with van der Waals surface area (Å²) in [7, 11) is 1.63. The van der Waals surface area contributed by atoms with Gasteiger partial charge in [-0.05, 0) is 30.9 Å². The molecule has 1 aromatic rings. The fraction of sp³-hybridized carbons (Fsp3) is 0.625. The Bertz CT molecular complexity index is 456. The Labute approximate surface area is 120 Å². The third kappa shape index (κ3) is 2.54. The summed E-state index contributed by atoms with van der Waals surface area (Å²) >= 11 is 0. The molecule has 1 aliphatic carbocycles. The van der Waals surface area contributed by atoms with Crippen LogP contribution in [0.1, 0.15) is 30.9 Å². The molecule has 1 heterocycles. The molecule has 1 aromatic carbocycles. The van der Waals surface area contributed by atoms with Crippen molar-refractivity contribution in [2.75, 3.05) is 33.3 Å². The summed E-state index contributed by atoms with van der Waals surface area (Å²) in [5.41, 5.74) is 0.765. The maximum atomic E-state index is 14.4. The Morgan fingerprint density at radius 1 is 1.30 bits per heavy atom. The lowest BCUT2D eigenvalue weighted by molar-refractivity contribution is 0.0792. The molecule has 0 unspecified atom stereocenters.